The molecular formula is C30H49N3O4. The molecule has 1 N–H and O–H groups in total. The number of likely N-dealkylation sites (tertiary alicyclic amines) is 1. The van der Waals surface area contributed by atoms with Gasteiger partial charge in [0.15, 0.2) is 0 Å². The van der Waals surface area contributed by atoms with Crippen LogP contribution in [0.2, 0.25) is 0 Å². The minimum Gasteiger partial charge on any atom is -0.463 e. The third-order valence-corrected chi connectivity index (χ3v) is 6.10. The van der Waals surface area contributed by atoms with Crippen molar-refractivity contribution in [1.82, 2.24) is 15.1 Å². The van der Waals surface area contributed by atoms with E-state index in [1.165, 1.54) is 5.56 Å². The average molecular weight is 516 g/mol. The molecule has 7 nitrogen and oxygen atoms in total. The molecule has 2 rings (SSSR count). The van der Waals surface area contributed by atoms with Gasteiger partial charge in [-0.2, -0.15) is 0 Å². The number of piperidine rings is 1. The van der Waals surface area contributed by atoms with E-state index in [1.807, 2.05) is 32.0 Å². The summed E-state index contributed by atoms with van der Waals surface area (Å²) in [6, 6.07) is 9.63. The van der Waals surface area contributed by atoms with Gasteiger partial charge >= 0.3 is 5.97 Å². The molecule has 1 fully saturated rings. The van der Waals surface area contributed by atoms with Gasteiger partial charge in [0.1, 0.15) is 0 Å². The Balaban J connectivity index is 0.00000159. The lowest BCUT2D eigenvalue weighted by molar-refractivity contribution is -0.138. The third kappa shape index (κ3) is 11.9. The molecular weight excluding hydrogens is 466 g/mol. The molecule has 0 bridgehead atoms. The van der Waals surface area contributed by atoms with Gasteiger partial charge in [-0.1, -0.05) is 77.4 Å². The van der Waals surface area contributed by atoms with E-state index >= 15 is 0 Å². The highest BCUT2D eigenvalue weighted by molar-refractivity contribution is 5.89. The fourth-order valence-electron chi connectivity index (χ4n) is 4.19. The van der Waals surface area contributed by atoms with Crippen molar-refractivity contribution >= 4 is 17.8 Å². The highest BCUT2D eigenvalue weighted by Gasteiger charge is 2.29. The lowest BCUT2D eigenvalue weighted by Gasteiger charge is -2.35. The molecule has 1 aliphatic heterocycles. The average Bonchev–Trinajstić information content (AvgIpc) is 2.85. The van der Waals surface area contributed by atoms with Crippen LogP contribution in [0.4, 0.5) is 0 Å². The van der Waals surface area contributed by atoms with Crippen LogP contribution in [0.25, 0.3) is 0 Å². The highest BCUT2D eigenvalue weighted by Crippen LogP contribution is 2.20. The second-order valence-electron chi connectivity index (χ2n) is 10.7. The minimum absolute atomic E-state index is 0.0689. The summed E-state index contributed by atoms with van der Waals surface area (Å²) in [6.45, 7) is 15.8. The summed E-state index contributed by atoms with van der Waals surface area (Å²) >= 11 is 0. The van der Waals surface area contributed by atoms with E-state index < -0.39 is 0 Å². The van der Waals surface area contributed by atoms with Crippen LogP contribution in [0, 0.1) is 11.8 Å². The van der Waals surface area contributed by atoms with Crippen LogP contribution >= 0.6 is 0 Å². The molecule has 2 amide bonds. The molecule has 7 heteroatoms. The fourth-order valence-corrected chi connectivity index (χ4v) is 4.19. The van der Waals surface area contributed by atoms with Gasteiger partial charge in [0.05, 0.1) is 25.2 Å². The number of hydrogen-bond acceptors (Lipinski definition) is 5. The second-order valence-corrected chi connectivity index (χ2v) is 10.7. The van der Waals surface area contributed by atoms with Crippen molar-refractivity contribution in [1.29, 1.82) is 0 Å². The number of benzene rings is 1. The third-order valence-electron chi connectivity index (χ3n) is 6.10. The van der Waals surface area contributed by atoms with E-state index in [0.29, 0.717) is 12.2 Å². The van der Waals surface area contributed by atoms with Crippen molar-refractivity contribution < 1.29 is 19.1 Å². The quantitative estimate of drug-likeness (QED) is 0.357. The summed E-state index contributed by atoms with van der Waals surface area (Å²) in [5.41, 5.74) is 1.65. The number of amides is 2. The summed E-state index contributed by atoms with van der Waals surface area (Å²) in [6.07, 6.45) is 4.63. The van der Waals surface area contributed by atoms with E-state index in [2.05, 4.69) is 43.1 Å². The molecule has 208 valence electrons. The van der Waals surface area contributed by atoms with Crippen molar-refractivity contribution in [2.75, 3.05) is 26.7 Å². The lowest BCUT2D eigenvalue weighted by atomic mass is 9.99. The number of carbonyl (C=O) groups excluding carboxylic acids is 3. The zero-order valence-electron chi connectivity index (χ0n) is 24.3. The Morgan fingerprint density at radius 2 is 1.73 bits per heavy atom. The predicted molar refractivity (Wildman–Crippen MR) is 150 cm³/mol. The number of likely N-dealkylation sites (N-methyl/N-ethyl adjacent to an activating group) is 1. The topological polar surface area (TPSA) is 79.0 Å². The van der Waals surface area contributed by atoms with Crippen LogP contribution in [0.3, 0.4) is 0 Å². The Kier molecular flexibility index (Phi) is 14.8. The standard InChI is InChI=1S/C26H39N3O4.C4H10/c1-6-33-26(32)20(4)16-23(19(2)3)28(5)24(30)17-27-25(31)22-14-10-11-15-29(22)18-21-12-8-7-9-13-21;1-4(2)3/h7-9,12-13,16,19,22-23H,6,10-11,14-15,17-18H2,1-5H3,(H,27,31);4H,1-3H3/b20-16+;/t22?,23-;/m1./s1. The lowest BCUT2D eigenvalue weighted by Crippen LogP contribution is -2.51. The number of carbonyl (C=O) groups is 3. The van der Waals surface area contributed by atoms with Gasteiger partial charge in [-0.25, -0.2) is 4.79 Å². The minimum atomic E-state index is -0.381. The Morgan fingerprint density at radius 1 is 1.11 bits per heavy atom. The summed E-state index contributed by atoms with van der Waals surface area (Å²) in [4.78, 5) is 41.6. The van der Waals surface area contributed by atoms with Gasteiger partial charge in [0, 0.05) is 19.2 Å². The smallest absolute Gasteiger partial charge is 0.333 e. The first kappa shape index (κ1) is 32.4. The first-order valence-electron chi connectivity index (χ1n) is 13.6. The van der Waals surface area contributed by atoms with Crippen molar-refractivity contribution in [3.05, 3.63) is 47.5 Å². The monoisotopic (exact) mass is 515 g/mol. The molecule has 0 aromatic heterocycles. The highest BCUT2D eigenvalue weighted by atomic mass is 16.5. The summed E-state index contributed by atoms with van der Waals surface area (Å²) < 4.78 is 5.05. The SMILES string of the molecule is CC(C)C.CCOC(=O)/C(C)=C/[C@H](C(C)C)N(C)C(=O)CNC(=O)C1CCCCN1Cc1ccccc1. The van der Waals surface area contributed by atoms with Crippen LogP contribution in [0.1, 0.15) is 73.3 Å². The second kappa shape index (κ2) is 17.0. The zero-order chi connectivity index (χ0) is 28.0. The summed E-state index contributed by atoms with van der Waals surface area (Å²) in [7, 11) is 1.70. The summed E-state index contributed by atoms with van der Waals surface area (Å²) in [5.74, 6) is 0.249. The molecule has 37 heavy (non-hydrogen) atoms. The Bertz CT molecular complexity index is 864. The Morgan fingerprint density at radius 3 is 2.30 bits per heavy atom. The maximum atomic E-state index is 13.0. The molecule has 1 unspecified atom stereocenters. The maximum absolute atomic E-state index is 13.0. The van der Waals surface area contributed by atoms with E-state index in [-0.39, 0.29) is 42.3 Å². The molecule has 1 aliphatic rings. The molecule has 0 spiro atoms. The van der Waals surface area contributed by atoms with Gasteiger partial charge in [-0.05, 0) is 50.6 Å². The van der Waals surface area contributed by atoms with Crippen LogP contribution in [-0.2, 0) is 25.7 Å². The van der Waals surface area contributed by atoms with Crippen LogP contribution in [0.15, 0.2) is 42.0 Å². The van der Waals surface area contributed by atoms with Crippen molar-refractivity contribution in [2.45, 2.75) is 86.4 Å². The van der Waals surface area contributed by atoms with E-state index in [0.717, 1.165) is 38.3 Å². The van der Waals surface area contributed by atoms with Gasteiger partial charge in [-0.3, -0.25) is 14.5 Å². The predicted octanol–water partition coefficient (Wildman–Crippen LogP) is 4.81. The van der Waals surface area contributed by atoms with Gasteiger partial charge < -0.3 is 15.0 Å². The molecule has 1 saturated heterocycles. The molecule has 1 heterocycles. The normalized spacial score (nSPS) is 17.0. The van der Waals surface area contributed by atoms with Crippen molar-refractivity contribution in [3.8, 4) is 0 Å². The molecule has 0 radical (unpaired) electrons. The number of ether oxygens (including phenoxy) is 1. The molecule has 1 aromatic carbocycles. The van der Waals surface area contributed by atoms with Crippen LogP contribution in [-0.4, -0.2) is 66.4 Å². The van der Waals surface area contributed by atoms with Crippen molar-refractivity contribution in [3.63, 3.8) is 0 Å². The number of esters is 1. The zero-order valence-corrected chi connectivity index (χ0v) is 24.3. The van der Waals surface area contributed by atoms with Crippen LogP contribution < -0.4 is 5.32 Å². The first-order valence-corrected chi connectivity index (χ1v) is 13.6. The number of nitrogens with zero attached hydrogens (tertiary/aromatic N) is 2. The maximum Gasteiger partial charge on any atom is 0.333 e. The molecule has 2 atom stereocenters. The van der Waals surface area contributed by atoms with Crippen LogP contribution in [0.5, 0.6) is 0 Å². The Hall–Kier alpha value is -2.67. The Labute approximate surface area is 224 Å². The fraction of sp³-hybridized carbons (Fsp3) is 0.633. The number of hydrogen-bond donors (Lipinski definition) is 1. The van der Waals surface area contributed by atoms with Gasteiger partial charge in [0.25, 0.3) is 0 Å². The first-order chi connectivity index (χ1) is 17.5. The molecule has 0 aliphatic carbocycles. The van der Waals surface area contributed by atoms with E-state index in [9.17, 15) is 14.4 Å². The molecule has 0 saturated carbocycles. The number of nitrogens with one attached hydrogen (secondary N) is 1. The number of rotatable bonds is 10. The summed E-state index contributed by atoms with van der Waals surface area (Å²) in [5, 5.41) is 2.85. The van der Waals surface area contributed by atoms with E-state index in [1.54, 1.807) is 31.9 Å². The molecule has 1 aromatic rings. The van der Waals surface area contributed by atoms with Gasteiger partial charge in [0.2, 0.25) is 11.8 Å². The van der Waals surface area contributed by atoms with Gasteiger partial charge in [-0.15, -0.1) is 0 Å². The van der Waals surface area contributed by atoms with Crippen molar-refractivity contribution in [2.24, 2.45) is 11.8 Å². The largest absolute Gasteiger partial charge is 0.463 e. The van der Waals surface area contributed by atoms with E-state index in [4.69, 9.17) is 4.74 Å².